The first-order valence-electron chi connectivity index (χ1n) is 6.79. The lowest BCUT2D eigenvalue weighted by molar-refractivity contribution is 0.1000. The van der Waals surface area contributed by atoms with Crippen LogP contribution in [-0.2, 0) is 6.54 Å². The standard InChI is InChI=1S/C17H19FN2O/c1-10-5-4-6-13(11(10)2)9-20-16-8-14(17(19)21)7-15(18)12(16)3/h4-8,20H,9H2,1-3H3,(H2,19,21). The molecule has 0 aliphatic rings. The fraction of sp³-hybridized carbons (Fsp3) is 0.235. The lowest BCUT2D eigenvalue weighted by atomic mass is 10.0. The Hall–Kier alpha value is -2.36. The van der Waals surface area contributed by atoms with Crippen molar-refractivity contribution >= 4 is 11.6 Å². The third kappa shape index (κ3) is 3.21. The van der Waals surface area contributed by atoms with E-state index in [0.29, 0.717) is 17.8 Å². The van der Waals surface area contributed by atoms with Gasteiger partial charge in [-0.2, -0.15) is 0 Å². The molecule has 0 aliphatic carbocycles. The molecular formula is C17H19FN2O. The molecule has 21 heavy (non-hydrogen) atoms. The lowest BCUT2D eigenvalue weighted by Gasteiger charge is -2.14. The van der Waals surface area contributed by atoms with Gasteiger partial charge in [-0.15, -0.1) is 0 Å². The summed E-state index contributed by atoms with van der Waals surface area (Å²) in [5, 5.41) is 3.19. The molecule has 0 heterocycles. The maximum absolute atomic E-state index is 13.8. The minimum atomic E-state index is -0.635. The minimum Gasteiger partial charge on any atom is -0.381 e. The summed E-state index contributed by atoms with van der Waals surface area (Å²) in [4.78, 5) is 11.2. The molecule has 0 saturated heterocycles. The van der Waals surface area contributed by atoms with Crippen molar-refractivity contribution in [3.05, 3.63) is 64.0 Å². The van der Waals surface area contributed by atoms with Gasteiger partial charge in [0, 0.05) is 23.4 Å². The van der Waals surface area contributed by atoms with E-state index in [1.165, 1.54) is 17.2 Å². The van der Waals surface area contributed by atoms with Gasteiger partial charge >= 0.3 is 0 Å². The van der Waals surface area contributed by atoms with Crippen molar-refractivity contribution in [2.24, 2.45) is 5.73 Å². The molecule has 0 bridgehead atoms. The molecule has 0 saturated carbocycles. The molecule has 4 heteroatoms. The maximum Gasteiger partial charge on any atom is 0.248 e. The molecule has 1 amide bonds. The molecule has 2 aromatic rings. The van der Waals surface area contributed by atoms with Crippen LogP contribution in [-0.4, -0.2) is 5.91 Å². The molecule has 0 spiro atoms. The number of nitrogens with one attached hydrogen (secondary N) is 1. The molecule has 0 unspecified atom stereocenters. The Morgan fingerprint density at radius 3 is 2.57 bits per heavy atom. The van der Waals surface area contributed by atoms with Crippen molar-refractivity contribution in [2.45, 2.75) is 27.3 Å². The predicted octanol–water partition coefficient (Wildman–Crippen LogP) is 3.46. The normalized spacial score (nSPS) is 10.5. The summed E-state index contributed by atoms with van der Waals surface area (Å²) in [5.74, 6) is -1.07. The number of nitrogens with two attached hydrogens (primary N) is 1. The average Bonchev–Trinajstić information content (AvgIpc) is 2.44. The highest BCUT2D eigenvalue weighted by molar-refractivity contribution is 5.94. The van der Waals surface area contributed by atoms with Gasteiger partial charge in [0.15, 0.2) is 0 Å². The van der Waals surface area contributed by atoms with Crippen LogP contribution in [0, 0.1) is 26.6 Å². The van der Waals surface area contributed by atoms with Crippen molar-refractivity contribution in [2.75, 3.05) is 5.32 Å². The number of aryl methyl sites for hydroxylation is 1. The number of carbonyl (C=O) groups excluding carboxylic acids is 1. The van der Waals surface area contributed by atoms with Crippen LogP contribution in [0.4, 0.5) is 10.1 Å². The maximum atomic E-state index is 13.8. The number of benzene rings is 2. The molecule has 3 nitrogen and oxygen atoms in total. The van der Waals surface area contributed by atoms with Crippen molar-refractivity contribution in [1.29, 1.82) is 0 Å². The average molecular weight is 286 g/mol. The second-order valence-corrected chi connectivity index (χ2v) is 5.21. The smallest absolute Gasteiger partial charge is 0.248 e. The molecular weight excluding hydrogens is 267 g/mol. The SMILES string of the molecule is Cc1cccc(CNc2cc(C(N)=O)cc(F)c2C)c1C. The molecule has 0 radical (unpaired) electrons. The number of anilines is 1. The Labute approximate surface area is 124 Å². The Bertz CT molecular complexity index is 695. The van der Waals surface area contributed by atoms with E-state index in [1.54, 1.807) is 13.0 Å². The molecule has 0 aromatic heterocycles. The van der Waals surface area contributed by atoms with Crippen molar-refractivity contribution in [3.8, 4) is 0 Å². The summed E-state index contributed by atoms with van der Waals surface area (Å²) in [7, 11) is 0. The van der Waals surface area contributed by atoms with Crippen molar-refractivity contribution < 1.29 is 9.18 Å². The zero-order chi connectivity index (χ0) is 15.6. The van der Waals surface area contributed by atoms with Gasteiger partial charge < -0.3 is 11.1 Å². The highest BCUT2D eigenvalue weighted by atomic mass is 19.1. The lowest BCUT2D eigenvalue weighted by Crippen LogP contribution is -2.13. The molecule has 0 fully saturated rings. The first kappa shape index (κ1) is 15.0. The second kappa shape index (κ2) is 5.95. The summed E-state index contributed by atoms with van der Waals surface area (Å²) < 4.78 is 13.8. The highest BCUT2D eigenvalue weighted by Gasteiger charge is 2.10. The number of primary amides is 1. The van der Waals surface area contributed by atoms with Gasteiger partial charge in [0.25, 0.3) is 0 Å². The summed E-state index contributed by atoms with van der Waals surface area (Å²) in [5.41, 5.74) is 10.0. The van der Waals surface area contributed by atoms with Crippen LogP contribution < -0.4 is 11.1 Å². The van der Waals surface area contributed by atoms with Gasteiger partial charge in [-0.1, -0.05) is 18.2 Å². The fourth-order valence-electron chi connectivity index (χ4n) is 2.20. The number of hydrogen-bond acceptors (Lipinski definition) is 2. The van der Waals surface area contributed by atoms with E-state index in [1.807, 2.05) is 12.1 Å². The van der Waals surface area contributed by atoms with Crippen LogP contribution >= 0.6 is 0 Å². The van der Waals surface area contributed by atoms with Gasteiger partial charge in [0.05, 0.1) is 0 Å². The van der Waals surface area contributed by atoms with Crippen LogP contribution in [0.2, 0.25) is 0 Å². The van der Waals surface area contributed by atoms with E-state index in [2.05, 4.69) is 25.2 Å². The third-order valence-electron chi connectivity index (χ3n) is 3.81. The summed E-state index contributed by atoms with van der Waals surface area (Å²) in [6.45, 7) is 6.35. The Kier molecular flexibility index (Phi) is 4.26. The van der Waals surface area contributed by atoms with Gasteiger partial charge in [-0.25, -0.2) is 4.39 Å². The molecule has 3 N–H and O–H groups in total. The number of carbonyl (C=O) groups is 1. The van der Waals surface area contributed by atoms with Crippen LogP contribution in [0.15, 0.2) is 30.3 Å². The van der Waals surface area contributed by atoms with E-state index in [-0.39, 0.29) is 5.56 Å². The van der Waals surface area contributed by atoms with Crippen LogP contribution in [0.25, 0.3) is 0 Å². The van der Waals surface area contributed by atoms with E-state index in [0.717, 1.165) is 5.56 Å². The number of amides is 1. The van der Waals surface area contributed by atoms with Gasteiger partial charge in [0.1, 0.15) is 5.82 Å². The van der Waals surface area contributed by atoms with Crippen LogP contribution in [0.3, 0.4) is 0 Å². The van der Waals surface area contributed by atoms with Gasteiger partial charge in [-0.3, -0.25) is 4.79 Å². The van der Waals surface area contributed by atoms with Gasteiger partial charge in [0.2, 0.25) is 5.91 Å². The molecule has 2 aromatic carbocycles. The van der Waals surface area contributed by atoms with E-state index in [9.17, 15) is 9.18 Å². The molecule has 110 valence electrons. The van der Waals surface area contributed by atoms with Gasteiger partial charge in [-0.05, 0) is 49.6 Å². The summed E-state index contributed by atoms with van der Waals surface area (Å²) in [6.07, 6.45) is 0. The number of rotatable bonds is 4. The predicted molar refractivity (Wildman–Crippen MR) is 82.9 cm³/mol. The van der Waals surface area contributed by atoms with E-state index >= 15 is 0 Å². The summed E-state index contributed by atoms with van der Waals surface area (Å²) >= 11 is 0. The Balaban J connectivity index is 2.27. The van der Waals surface area contributed by atoms with E-state index in [4.69, 9.17) is 5.73 Å². The molecule has 0 aliphatic heterocycles. The van der Waals surface area contributed by atoms with Crippen molar-refractivity contribution in [1.82, 2.24) is 0 Å². The molecule has 0 atom stereocenters. The van der Waals surface area contributed by atoms with E-state index < -0.39 is 11.7 Å². The van der Waals surface area contributed by atoms with Crippen molar-refractivity contribution in [3.63, 3.8) is 0 Å². The minimum absolute atomic E-state index is 0.168. The van der Waals surface area contributed by atoms with Crippen LogP contribution in [0.5, 0.6) is 0 Å². The Morgan fingerprint density at radius 1 is 1.19 bits per heavy atom. The molecule has 2 rings (SSSR count). The van der Waals surface area contributed by atoms with Crippen LogP contribution in [0.1, 0.15) is 32.6 Å². The second-order valence-electron chi connectivity index (χ2n) is 5.21. The monoisotopic (exact) mass is 286 g/mol. The topological polar surface area (TPSA) is 55.1 Å². The fourth-order valence-corrected chi connectivity index (χ4v) is 2.20. The third-order valence-corrected chi connectivity index (χ3v) is 3.81. The quantitative estimate of drug-likeness (QED) is 0.904. The zero-order valence-electron chi connectivity index (χ0n) is 12.5. The Morgan fingerprint density at radius 2 is 1.90 bits per heavy atom. The first-order valence-corrected chi connectivity index (χ1v) is 6.79. The number of hydrogen-bond donors (Lipinski definition) is 2. The largest absolute Gasteiger partial charge is 0.381 e. The first-order chi connectivity index (χ1) is 9.90. The summed E-state index contributed by atoms with van der Waals surface area (Å²) in [6, 6.07) is 8.83. The highest BCUT2D eigenvalue weighted by Crippen LogP contribution is 2.22. The number of halogens is 1. The zero-order valence-corrected chi connectivity index (χ0v) is 12.5.